The van der Waals surface area contributed by atoms with E-state index >= 15 is 0 Å². The summed E-state index contributed by atoms with van der Waals surface area (Å²) >= 11 is 3.52. The standard InChI is InChI=1S/C30H30BrF3N4O4/c31-18-1-2-21-20(10-18)27(3-5-42-6-4-27)14-38(21)26-35-13-19(23(36-26)30(32,33)34)24(39)37-29(25(40)41)17-8-15-7-16-9-22(29)28(16,11-15)12-17/h1-2,10,13,15-17,22H,3-9,11-12,14H2,(H,37,39)(H,40,41). The van der Waals surface area contributed by atoms with Crippen LogP contribution in [0, 0.1) is 29.1 Å². The summed E-state index contributed by atoms with van der Waals surface area (Å²) in [5, 5.41) is 13.2. The fourth-order valence-corrected chi connectivity index (χ4v) is 10.4. The maximum absolute atomic E-state index is 14.5. The molecule has 0 radical (unpaired) electrons. The maximum Gasteiger partial charge on any atom is 0.434 e. The number of nitrogens with one attached hydrogen (secondary N) is 1. The fourth-order valence-electron chi connectivity index (χ4n) is 10.0. The third-order valence-corrected chi connectivity index (χ3v) is 12.2. The lowest BCUT2D eigenvalue weighted by molar-refractivity contribution is -0.153. The molecule has 2 aliphatic heterocycles. The average Bonchev–Trinajstić information content (AvgIpc) is 3.40. The van der Waals surface area contributed by atoms with Crippen LogP contribution >= 0.6 is 15.9 Å². The number of halogens is 4. The summed E-state index contributed by atoms with van der Waals surface area (Å²) in [6, 6.07) is 5.67. The van der Waals surface area contributed by atoms with Crippen LogP contribution in [0.4, 0.5) is 24.8 Å². The minimum absolute atomic E-state index is 0.106. The molecule has 5 fully saturated rings. The van der Waals surface area contributed by atoms with Crippen molar-refractivity contribution in [3.63, 3.8) is 0 Å². The third-order valence-electron chi connectivity index (χ3n) is 11.7. The Morgan fingerprint density at radius 1 is 1.12 bits per heavy atom. The van der Waals surface area contributed by atoms with Crippen LogP contribution in [0.5, 0.6) is 0 Å². The van der Waals surface area contributed by atoms with Crippen molar-refractivity contribution in [2.45, 2.75) is 62.1 Å². The molecule has 1 aromatic heterocycles. The number of nitrogens with zero attached hydrogens (tertiary/aromatic N) is 3. The van der Waals surface area contributed by atoms with Gasteiger partial charge in [0.25, 0.3) is 5.91 Å². The minimum atomic E-state index is -4.95. The second-order valence-electron chi connectivity index (χ2n) is 13.4. The van der Waals surface area contributed by atoms with Gasteiger partial charge >= 0.3 is 12.1 Å². The Bertz CT molecular complexity index is 1530. The number of hydrogen-bond acceptors (Lipinski definition) is 6. The number of benzene rings is 1. The highest BCUT2D eigenvalue weighted by atomic mass is 79.9. The van der Waals surface area contributed by atoms with Gasteiger partial charge in [0.1, 0.15) is 5.54 Å². The average molecular weight is 647 g/mol. The molecule has 8 nitrogen and oxygen atoms in total. The van der Waals surface area contributed by atoms with Gasteiger partial charge < -0.3 is 20.1 Å². The summed E-state index contributed by atoms with van der Waals surface area (Å²) in [7, 11) is 0. The van der Waals surface area contributed by atoms with Crippen molar-refractivity contribution < 1.29 is 32.6 Å². The summed E-state index contributed by atoms with van der Waals surface area (Å²) in [6.45, 7) is 1.48. The second-order valence-corrected chi connectivity index (χ2v) is 14.3. The molecule has 2 N–H and O–H groups in total. The minimum Gasteiger partial charge on any atom is -0.479 e. The van der Waals surface area contributed by atoms with Gasteiger partial charge in [0.15, 0.2) is 5.69 Å². The number of amides is 1. The molecule has 12 heteroatoms. The van der Waals surface area contributed by atoms with Crippen LogP contribution < -0.4 is 10.2 Å². The lowest BCUT2D eigenvalue weighted by Crippen LogP contribution is -2.65. The number of aromatic nitrogens is 2. The number of alkyl halides is 3. The number of carboxylic acids is 1. The molecule has 4 aliphatic carbocycles. The Morgan fingerprint density at radius 3 is 2.62 bits per heavy atom. The Hall–Kier alpha value is -2.73. The number of rotatable bonds is 4. The molecule has 3 heterocycles. The van der Waals surface area contributed by atoms with Gasteiger partial charge in [0.2, 0.25) is 5.95 Å². The van der Waals surface area contributed by atoms with Gasteiger partial charge in [-0.05, 0) is 97.8 Å². The number of hydrogen-bond donors (Lipinski definition) is 2. The van der Waals surface area contributed by atoms with E-state index in [1.165, 1.54) is 0 Å². The molecule has 222 valence electrons. The summed E-state index contributed by atoms with van der Waals surface area (Å²) in [4.78, 5) is 36.4. The van der Waals surface area contributed by atoms with Crippen LogP contribution in [-0.4, -0.2) is 52.2 Å². The van der Waals surface area contributed by atoms with E-state index in [4.69, 9.17) is 4.74 Å². The number of fused-ring (bicyclic) bond motifs is 4. The van der Waals surface area contributed by atoms with Crippen molar-refractivity contribution in [2.75, 3.05) is 24.7 Å². The molecule has 6 atom stereocenters. The highest BCUT2D eigenvalue weighted by molar-refractivity contribution is 9.10. The van der Waals surface area contributed by atoms with E-state index in [0.717, 1.165) is 34.8 Å². The lowest BCUT2D eigenvalue weighted by Gasteiger charge is -2.53. The first-order chi connectivity index (χ1) is 20.0. The quantitative estimate of drug-likeness (QED) is 0.454. The third kappa shape index (κ3) is 3.45. The molecule has 4 saturated carbocycles. The van der Waals surface area contributed by atoms with Gasteiger partial charge in [-0.3, -0.25) is 4.79 Å². The summed E-state index contributed by atoms with van der Waals surface area (Å²) in [5.74, 6) is -2.05. The zero-order valence-electron chi connectivity index (χ0n) is 22.7. The van der Waals surface area contributed by atoms with E-state index in [9.17, 15) is 27.9 Å². The molecule has 1 aromatic carbocycles. The molecule has 2 spiro atoms. The normalized spacial score (nSPS) is 35.2. The molecule has 6 aliphatic rings. The van der Waals surface area contributed by atoms with E-state index in [2.05, 4.69) is 31.2 Å². The number of carbonyl (C=O) groups is 2. The Morgan fingerprint density at radius 2 is 1.88 bits per heavy atom. The maximum atomic E-state index is 14.5. The Balaban J connectivity index is 1.16. The summed E-state index contributed by atoms with van der Waals surface area (Å²) < 4.78 is 50.1. The molecule has 1 saturated heterocycles. The fraction of sp³-hybridized carbons (Fsp3) is 0.600. The predicted molar refractivity (Wildman–Crippen MR) is 147 cm³/mol. The van der Waals surface area contributed by atoms with Crippen molar-refractivity contribution in [3.05, 3.63) is 45.7 Å². The smallest absolute Gasteiger partial charge is 0.434 e. The van der Waals surface area contributed by atoms with Gasteiger partial charge in [-0.15, -0.1) is 0 Å². The Labute approximate surface area is 248 Å². The zero-order chi connectivity index (χ0) is 29.2. The van der Waals surface area contributed by atoms with Gasteiger partial charge in [-0.25, -0.2) is 14.8 Å². The van der Waals surface area contributed by atoms with Crippen LogP contribution in [0.2, 0.25) is 0 Å². The number of anilines is 2. The van der Waals surface area contributed by atoms with Gasteiger partial charge in [0, 0.05) is 41.5 Å². The summed E-state index contributed by atoms with van der Waals surface area (Å²) in [6.07, 6.45) is 1.52. The summed E-state index contributed by atoms with van der Waals surface area (Å²) in [5.41, 5.74) is -2.37. The monoisotopic (exact) mass is 646 g/mol. The molecular formula is C30H30BrF3N4O4. The first-order valence-electron chi connectivity index (χ1n) is 14.6. The van der Waals surface area contributed by atoms with Crippen LogP contribution in [0.15, 0.2) is 28.9 Å². The molecular weight excluding hydrogens is 617 g/mol. The molecule has 1 amide bonds. The topological polar surface area (TPSA) is 105 Å². The molecule has 8 rings (SSSR count). The van der Waals surface area contributed by atoms with E-state index in [1.807, 2.05) is 18.2 Å². The van der Waals surface area contributed by atoms with Gasteiger partial charge in [-0.1, -0.05) is 15.9 Å². The van der Waals surface area contributed by atoms with Crippen LogP contribution in [0.1, 0.15) is 66.6 Å². The van der Waals surface area contributed by atoms with Gasteiger partial charge in [0.05, 0.1) is 5.56 Å². The van der Waals surface area contributed by atoms with E-state index in [1.54, 1.807) is 4.90 Å². The Kier molecular flexibility index (Phi) is 5.55. The first kappa shape index (κ1) is 26.9. The largest absolute Gasteiger partial charge is 0.479 e. The van der Waals surface area contributed by atoms with E-state index in [0.29, 0.717) is 63.7 Å². The molecule has 3 bridgehead atoms. The lowest BCUT2D eigenvalue weighted by atomic mass is 9.53. The van der Waals surface area contributed by atoms with E-state index < -0.39 is 34.8 Å². The van der Waals surface area contributed by atoms with Crippen LogP contribution in [0.25, 0.3) is 0 Å². The van der Waals surface area contributed by atoms with Crippen LogP contribution in [0.3, 0.4) is 0 Å². The molecule has 42 heavy (non-hydrogen) atoms. The van der Waals surface area contributed by atoms with Crippen molar-refractivity contribution >= 4 is 39.4 Å². The number of aliphatic carboxylic acids is 1. The molecule has 2 aromatic rings. The number of ether oxygens (including phenoxy) is 1. The molecule has 6 unspecified atom stereocenters. The predicted octanol–water partition coefficient (Wildman–Crippen LogP) is 5.47. The zero-order valence-corrected chi connectivity index (χ0v) is 24.3. The highest BCUT2D eigenvalue weighted by Gasteiger charge is 2.78. The highest BCUT2D eigenvalue weighted by Crippen LogP contribution is 2.78. The van der Waals surface area contributed by atoms with Crippen molar-refractivity contribution in [1.82, 2.24) is 15.3 Å². The number of carbonyl (C=O) groups excluding carboxylic acids is 1. The SMILES string of the molecule is O=C(NC1(C(=O)O)C2CC3CC4CC1C4(C3)C2)c1cnc(N2CC3(CCOCC3)c3cc(Br)ccc32)nc1C(F)(F)F. The van der Waals surface area contributed by atoms with E-state index in [-0.39, 0.29) is 28.6 Å². The van der Waals surface area contributed by atoms with Crippen molar-refractivity contribution in [3.8, 4) is 0 Å². The first-order valence-corrected chi connectivity index (χ1v) is 15.4. The second kappa shape index (κ2) is 8.68. The van der Waals surface area contributed by atoms with Gasteiger partial charge in [-0.2, -0.15) is 13.2 Å². The van der Waals surface area contributed by atoms with Crippen molar-refractivity contribution in [2.24, 2.45) is 29.1 Å². The van der Waals surface area contributed by atoms with Crippen LogP contribution in [-0.2, 0) is 21.1 Å². The number of carboxylic acid groups (broad SMARTS) is 1. The van der Waals surface area contributed by atoms with Crippen molar-refractivity contribution in [1.29, 1.82) is 0 Å².